The zero-order chi connectivity index (χ0) is 16.0. The van der Waals surface area contributed by atoms with Gasteiger partial charge in [-0.15, -0.1) is 0 Å². The standard InChI is InChI=1S/C16H26N2O3/c1-6-10(2)15(17)16(19)18-11(3)12-7-8-13(20-4)14(9-12)21-5/h7-11,15H,6,17H2,1-5H3,(H,18,19)/t10-,11?,15-/m0/s1. The van der Waals surface area contributed by atoms with Crippen molar-refractivity contribution in [2.75, 3.05) is 14.2 Å². The lowest BCUT2D eigenvalue weighted by Gasteiger charge is -2.22. The molecule has 5 nitrogen and oxygen atoms in total. The first-order chi connectivity index (χ1) is 9.94. The van der Waals surface area contributed by atoms with Crippen molar-refractivity contribution in [1.82, 2.24) is 5.32 Å². The van der Waals surface area contributed by atoms with Crippen molar-refractivity contribution in [2.45, 2.75) is 39.3 Å². The number of benzene rings is 1. The molecular weight excluding hydrogens is 268 g/mol. The number of hydrogen-bond donors (Lipinski definition) is 2. The Morgan fingerprint density at radius 1 is 1.24 bits per heavy atom. The Balaban J connectivity index is 2.80. The highest BCUT2D eigenvalue weighted by Gasteiger charge is 2.21. The summed E-state index contributed by atoms with van der Waals surface area (Å²) in [5.74, 6) is 1.33. The smallest absolute Gasteiger partial charge is 0.237 e. The van der Waals surface area contributed by atoms with Gasteiger partial charge >= 0.3 is 0 Å². The Bertz CT molecular complexity index is 477. The van der Waals surface area contributed by atoms with E-state index in [1.165, 1.54) is 0 Å². The minimum Gasteiger partial charge on any atom is -0.493 e. The van der Waals surface area contributed by atoms with Gasteiger partial charge in [0.05, 0.1) is 26.3 Å². The third kappa shape index (κ3) is 4.36. The van der Waals surface area contributed by atoms with Crippen LogP contribution in [0, 0.1) is 5.92 Å². The summed E-state index contributed by atoms with van der Waals surface area (Å²) in [4.78, 5) is 12.1. The molecule has 118 valence electrons. The molecule has 1 rings (SSSR count). The summed E-state index contributed by atoms with van der Waals surface area (Å²) >= 11 is 0. The van der Waals surface area contributed by atoms with Gasteiger partial charge in [0.2, 0.25) is 5.91 Å². The topological polar surface area (TPSA) is 73.6 Å². The largest absolute Gasteiger partial charge is 0.493 e. The summed E-state index contributed by atoms with van der Waals surface area (Å²) in [5.41, 5.74) is 6.88. The summed E-state index contributed by atoms with van der Waals surface area (Å²) in [6, 6.07) is 4.95. The molecule has 0 radical (unpaired) electrons. The third-order valence-electron chi connectivity index (χ3n) is 3.83. The number of hydrogen-bond acceptors (Lipinski definition) is 4. The molecule has 0 saturated heterocycles. The summed E-state index contributed by atoms with van der Waals surface area (Å²) < 4.78 is 10.5. The van der Waals surface area contributed by atoms with Crippen molar-refractivity contribution in [3.8, 4) is 11.5 Å². The maximum Gasteiger partial charge on any atom is 0.237 e. The molecule has 0 aliphatic carbocycles. The molecule has 0 aliphatic rings. The summed E-state index contributed by atoms with van der Waals surface area (Å²) in [7, 11) is 3.18. The minimum absolute atomic E-state index is 0.133. The van der Waals surface area contributed by atoms with Gasteiger partial charge in [-0.3, -0.25) is 4.79 Å². The quantitative estimate of drug-likeness (QED) is 0.809. The van der Waals surface area contributed by atoms with Gasteiger partial charge in [-0.2, -0.15) is 0 Å². The van der Waals surface area contributed by atoms with E-state index in [-0.39, 0.29) is 17.9 Å². The van der Waals surface area contributed by atoms with Crippen LogP contribution in [0.5, 0.6) is 11.5 Å². The van der Waals surface area contributed by atoms with Gasteiger partial charge in [0.25, 0.3) is 0 Å². The van der Waals surface area contributed by atoms with Crippen molar-refractivity contribution < 1.29 is 14.3 Å². The highest BCUT2D eigenvalue weighted by atomic mass is 16.5. The lowest BCUT2D eigenvalue weighted by molar-refractivity contribution is -0.124. The molecule has 1 aromatic rings. The lowest BCUT2D eigenvalue weighted by Crippen LogP contribution is -2.45. The zero-order valence-corrected chi connectivity index (χ0v) is 13.5. The first kappa shape index (κ1) is 17.3. The van der Waals surface area contributed by atoms with Crippen LogP contribution in [-0.4, -0.2) is 26.2 Å². The van der Waals surface area contributed by atoms with Crippen molar-refractivity contribution in [3.05, 3.63) is 23.8 Å². The molecule has 1 aromatic carbocycles. The molecule has 3 N–H and O–H groups in total. The molecular formula is C16H26N2O3. The van der Waals surface area contributed by atoms with Crippen LogP contribution < -0.4 is 20.5 Å². The van der Waals surface area contributed by atoms with Crippen molar-refractivity contribution in [2.24, 2.45) is 11.7 Å². The number of methoxy groups -OCH3 is 2. The van der Waals surface area contributed by atoms with Crippen molar-refractivity contribution in [1.29, 1.82) is 0 Å². The van der Waals surface area contributed by atoms with E-state index in [4.69, 9.17) is 15.2 Å². The molecule has 0 aromatic heterocycles. The Labute approximate surface area is 126 Å². The highest BCUT2D eigenvalue weighted by Crippen LogP contribution is 2.29. The maximum atomic E-state index is 12.1. The monoisotopic (exact) mass is 294 g/mol. The number of carbonyl (C=O) groups excluding carboxylic acids is 1. The predicted molar refractivity (Wildman–Crippen MR) is 83.5 cm³/mol. The first-order valence-corrected chi connectivity index (χ1v) is 7.22. The van der Waals surface area contributed by atoms with Gasteiger partial charge in [-0.05, 0) is 30.5 Å². The Morgan fingerprint density at radius 2 is 1.86 bits per heavy atom. The van der Waals surface area contributed by atoms with Gasteiger partial charge in [0, 0.05) is 0 Å². The minimum atomic E-state index is -0.488. The van der Waals surface area contributed by atoms with E-state index in [9.17, 15) is 4.79 Å². The van der Waals surface area contributed by atoms with Crippen molar-refractivity contribution >= 4 is 5.91 Å². The Morgan fingerprint density at radius 3 is 2.38 bits per heavy atom. The molecule has 0 aliphatic heterocycles. The van der Waals surface area contributed by atoms with E-state index in [0.717, 1.165) is 12.0 Å². The van der Waals surface area contributed by atoms with Gasteiger partial charge in [-0.1, -0.05) is 26.3 Å². The van der Waals surface area contributed by atoms with Crippen LogP contribution in [0.4, 0.5) is 0 Å². The van der Waals surface area contributed by atoms with Gasteiger partial charge in [0.15, 0.2) is 11.5 Å². The van der Waals surface area contributed by atoms with Crippen molar-refractivity contribution in [3.63, 3.8) is 0 Å². The highest BCUT2D eigenvalue weighted by molar-refractivity contribution is 5.82. The molecule has 21 heavy (non-hydrogen) atoms. The summed E-state index contributed by atoms with van der Waals surface area (Å²) in [5, 5.41) is 2.94. The average Bonchev–Trinajstić information content (AvgIpc) is 2.52. The number of carbonyl (C=O) groups is 1. The van der Waals surface area contributed by atoms with E-state index in [1.54, 1.807) is 14.2 Å². The molecule has 1 amide bonds. The van der Waals surface area contributed by atoms with Gasteiger partial charge in [0.1, 0.15) is 0 Å². The number of nitrogens with two attached hydrogens (primary N) is 1. The fourth-order valence-corrected chi connectivity index (χ4v) is 2.03. The second-order valence-electron chi connectivity index (χ2n) is 5.26. The van der Waals surface area contributed by atoms with E-state index in [2.05, 4.69) is 5.32 Å². The van der Waals surface area contributed by atoms with Crippen LogP contribution in [-0.2, 0) is 4.79 Å². The van der Waals surface area contributed by atoms with Gasteiger partial charge < -0.3 is 20.5 Å². The maximum absolute atomic E-state index is 12.1. The number of rotatable bonds is 7. The normalized spacial score (nSPS) is 15.0. The Hall–Kier alpha value is -1.75. The molecule has 1 unspecified atom stereocenters. The van der Waals surface area contributed by atoms with Crippen LogP contribution in [0.25, 0.3) is 0 Å². The van der Waals surface area contributed by atoms with Gasteiger partial charge in [-0.25, -0.2) is 0 Å². The lowest BCUT2D eigenvalue weighted by atomic mass is 9.98. The number of ether oxygens (including phenoxy) is 2. The van der Waals surface area contributed by atoms with E-state index >= 15 is 0 Å². The summed E-state index contributed by atoms with van der Waals surface area (Å²) in [6.45, 7) is 5.92. The predicted octanol–water partition coefficient (Wildman–Crippen LogP) is 2.25. The second kappa shape index (κ2) is 7.88. The SMILES string of the molecule is CC[C@H](C)[C@H](N)C(=O)NC(C)c1ccc(OC)c(OC)c1. The second-order valence-corrected chi connectivity index (χ2v) is 5.26. The molecule has 0 heterocycles. The number of nitrogens with one attached hydrogen (secondary N) is 1. The fraction of sp³-hybridized carbons (Fsp3) is 0.562. The van der Waals surface area contributed by atoms with Crippen LogP contribution in [0.2, 0.25) is 0 Å². The van der Waals surface area contributed by atoms with Crippen LogP contribution in [0.15, 0.2) is 18.2 Å². The zero-order valence-electron chi connectivity index (χ0n) is 13.5. The van der Waals surface area contributed by atoms with Crippen LogP contribution >= 0.6 is 0 Å². The average molecular weight is 294 g/mol. The summed E-state index contributed by atoms with van der Waals surface area (Å²) in [6.07, 6.45) is 0.874. The van der Waals surface area contributed by atoms with Crippen LogP contribution in [0.1, 0.15) is 38.8 Å². The number of amides is 1. The van der Waals surface area contributed by atoms with Crippen LogP contribution in [0.3, 0.4) is 0 Å². The van der Waals surface area contributed by atoms with E-state index in [1.807, 2.05) is 39.0 Å². The molecule has 0 saturated carbocycles. The van der Waals surface area contributed by atoms with E-state index in [0.29, 0.717) is 11.5 Å². The van der Waals surface area contributed by atoms with E-state index < -0.39 is 6.04 Å². The third-order valence-corrected chi connectivity index (χ3v) is 3.83. The molecule has 5 heteroatoms. The molecule has 0 bridgehead atoms. The Kier molecular flexibility index (Phi) is 6.49. The molecule has 0 fully saturated rings. The molecule has 0 spiro atoms. The first-order valence-electron chi connectivity index (χ1n) is 7.22. The molecule has 3 atom stereocenters. The fourth-order valence-electron chi connectivity index (χ4n) is 2.03.